The minimum atomic E-state index is -3.05. The molecule has 2 atom stereocenters. The fourth-order valence-electron chi connectivity index (χ4n) is 3.40. The number of pyridine rings is 1. The molecule has 4 rings (SSSR count). The molecule has 8 nitrogen and oxygen atoms in total. The number of hydrogen-bond acceptors (Lipinski definition) is 7. The van der Waals surface area contributed by atoms with E-state index in [4.69, 9.17) is 0 Å². The summed E-state index contributed by atoms with van der Waals surface area (Å²) in [7, 11) is -3.05. The number of hydrogen-bond donors (Lipinski definition) is 1. The van der Waals surface area contributed by atoms with Crippen LogP contribution in [-0.2, 0) is 14.6 Å². The Bertz CT molecular complexity index is 1180. The molecule has 2 unspecified atom stereocenters. The minimum Gasteiger partial charge on any atom is -0.351 e. The molecule has 2 aromatic heterocycles. The molecule has 3 heterocycles. The monoisotopic (exact) mass is 457 g/mol. The third-order valence-electron chi connectivity index (χ3n) is 5.09. The van der Waals surface area contributed by atoms with Crippen molar-refractivity contribution in [2.24, 2.45) is 0 Å². The Hall–Kier alpha value is -2.72. The second-order valence-corrected chi connectivity index (χ2v) is 11.1. The van der Waals surface area contributed by atoms with Crippen LogP contribution < -0.4 is 5.32 Å². The summed E-state index contributed by atoms with van der Waals surface area (Å²) in [5, 5.41) is 11.7. The van der Waals surface area contributed by atoms with Gasteiger partial charge in [-0.25, -0.2) is 8.42 Å². The van der Waals surface area contributed by atoms with Gasteiger partial charge in [-0.3, -0.25) is 14.3 Å². The third-order valence-corrected chi connectivity index (χ3v) is 7.90. The number of amides is 1. The predicted octanol–water partition coefficient (Wildman–Crippen LogP) is 2.42. The number of aromatic nitrogens is 4. The van der Waals surface area contributed by atoms with E-state index in [0.717, 1.165) is 16.8 Å². The maximum Gasteiger partial charge on any atom is 0.233 e. The van der Waals surface area contributed by atoms with E-state index in [-0.39, 0.29) is 23.5 Å². The van der Waals surface area contributed by atoms with Crippen LogP contribution in [0.5, 0.6) is 0 Å². The van der Waals surface area contributed by atoms with Gasteiger partial charge < -0.3 is 5.32 Å². The quantitative estimate of drug-likeness (QED) is 0.567. The second kappa shape index (κ2) is 8.80. The number of thioether (sulfide) groups is 1. The molecule has 3 aromatic rings. The van der Waals surface area contributed by atoms with Gasteiger partial charge in [0.15, 0.2) is 20.8 Å². The van der Waals surface area contributed by atoms with Crippen molar-refractivity contribution in [3.63, 3.8) is 0 Å². The number of carbonyl (C=O) groups is 1. The zero-order valence-electron chi connectivity index (χ0n) is 17.2. The van der Waals surface area contributed by atoms with Crippen molar-refractivity contribution in [2.75, 3.05) is 11.5 Å². The molecule has 1 aliphatic rings. The van der Waals surface area contributed by atoms with Crippen molar-refractivity contribution in [1.29, 1.82) is 0 Å². The summed E-state index contributed by atoms with van der Waals surface area (Å²) in [6.07, 6.45) is 3.85. The molecule has 162 valence electrons. The van der Waals surface area contributed by atoms with Crippen molar-refractivity contribution in [3.05, 3.63) is 54.4 Å². The van der Waals surface area contributed by atoms with Gasteiger partial charge in [-0.1, -0.05) is 29.5 Å². The maximum atomic E-state index is 12.7. The van der Waals surface area contributed by atoms with Crippen molar-refractivity contribution >= 4 is 27.5 Å². The Balaban J connectivity index is 1.60. The molecule has 1 N–H and O–H groups in total. The number of carbonyl (C=O) groups excluding carboxylic acids is 1. The third kappa shape index (κ3) is 4.96. The largest absolute Gasteiger partial charge is 0.351 e. The molecule has 1 aromatic carbocycles. The number of nitrogens with zero attached hydrogens (tertiary/aromatic N) is 4. The van der Waals surface area contributed by atoms with Crippen LogP contribution >= 0.6 is 11.8 Å². The predicted molar refractivity (Wildman–Crippen MR) is 120 cm³/mol. The molecule has 1 amide bonds. The smallest absolute Gasteiger partial charge is 0.233 e. The number of nitrogens with one attached hydrogen (secondary N) is 1. The Morgan fingerprint density at radius 1 is 1.16 bits per heavy atom. The first-order chi connectivity index (χ1) is 14.8. The molecule has 0 aliphatic carbocycles. The topological polar surface area (TPSA) is 107 Å². The van der Waals surface area contributed by atoms with Gasteiger partial charge in [0.05, 0.1) is 16.8 Å². The van der Waals surface area contributed by atoms with Gasteiger partial charge in [0, 0.05) is 29.7 Å². The summed E-state index contributed by atoms with van der Waals surface area (Å²) in [5.74, 6) is 0.567. The van der Waals surface area contributed by atoms with Crippen molar-refractivity contribution in [3.8, 4) is 17.1 Å². The maximum absolute atomic E-state index is 12.7. The molecule has 1 saturated heterocycles. The molecule has 1 fully saturated rings. The van der Waals surface area contributed by atoms with Gasteiger partial charge in [-0.2, -0.15) is 0 Å². The summed E-state index contributed by atoms with van der Waals surface area (Å²) < 4.78 is 25.2. The standard InChI is InChI=1S/C21H23N5O3S2/c1-14-3-5-18(6-4-14)26-19(16-7-10-22-11-8-16)24-25-21(26)30-15(2)20(27)23-17-9-12-31(28,29)13-17/h3-8,10-11,15,17H,9,12-13H2,1-2H3,(H,23,27). The van der Waals surface area contributed by atoms with Crippen LogP contribution in [-0.4, -0.2) is 56.9 Å². The van der Waals surface area contributed by atoms with Crippen molar-refractivity contribution < 1.29 is 13.2 Å². The van der Waals surface area contributed by atoms with Crippen LogP contribution in [0.3, 0.4) is 0 Å². The van der Waals surface area contributed by atoms with Gasteiger partial charge in [-0.05, 0) is 44.5 Å². The normalized spacial score (nSPS) is 18.6. The zero-order chi connectivity index (χ0) is 22.0. The molecule has 0 radical (unpaired) electrons. The highest BCUT2D eigenvalue weighted by Crippen LogP contribution is 2.30. The average molecular weight is 458 g/mol. The number of aryl methyl sites for hydroxylation is 1. The Labute approximate surface area is 185 Å². The van der Waals surface area contributed by atoms with Crippen molar-refractivity contribution in [2.45, 2.75) is 36.7 Å². The van der Waals surface area contributed by atoms with Crippen LogP contribution in [0.1, 0.15) is 18.9 Å². The highest BCUT2D eigenvalue weighted by molar-refractivity contribution is 8.00. The molecule has 31 heavy (non-hydrogen) atoms. The van der Waals surface area contributed by atoms with Gasteiger partial charge in [-0.15, -0.1) is 10.2 Å². The lowest BCUT2D eigenvalue weighted by atomic mass is 10.2. The van der Waals surface area contributed by atoms with E-state index >= 15 is 0 Å². The lowest BCUT2D eigenvalue weighted by Gasteiger charge is -2.16. The highest BCUT2D eigenvalue weighted by atomic mass is 32.2. The van der Waals surface area contributed by atoms with Gasteiger partial charge in [0.1, 0.15) is 0 Å². The average Bonchev–Trinajstić information content (AvgIpc) is 3.31. The number of benzene rings is 1. The number of sulfone groups is 1. The van der Waals surface area contributed by atoms with E-state index in [2.05, 4.69) is 20.5 Å². The minimum absolute atomic E-state index is 0.00185. The molecule has 0 bridgehead atoms. The van der Waals surface area contributed by atoms with E-state index in [1.54, 1.807) is 19.3 Å². The van der Waals surface area contributed by atoms with Crippen LogP contribution in [0.2, 0.25) is 0 Å². The Kier molecular flexibility index (Phi) is 6.10. The van der Waals surface area contributed by atoms with Crippen LogP contribution in [0, 0.1) is 6.92 Å². The van der Waals surface area contributed by atoms with E-state index in [1.165, 1.54) is 11.8 Å². The molecule has 0 spiro atoms. The van der Waals surface area contributed by atoms with Crippen LogP contribution in [0.25, 0.3) is 17.1 Å². The molecular weight excluding hydrogens is 434 g/mol. The van der Waals surface area contributed by atoms with E-state index in [1.807, 2.05) is 47.9 Å². The summed E-state index contributed by atoms with van der Waals surface area (Å²) in [6, 6.07) is 11.4. The van der Waals surface area contributed by atoms with Gasteiger partial charge in [0.25, 0.3) is 0 Å². The lowest BCUT2D eigenvalue weighted by molar-refractivity contribution is -0.120. The molecule has 0 saturated carbocycles. The second-order valence-electron chi connectivity index (χ2n) is 7.58. The van der Waals surface area contributed by atoms with Crippen LogP contribution in [0.15, 0.2) is 53.9 Å². The van der Waals surface area contributed by atoms with Gasteiger partial charge >= 0.3 is 0 Å². The Morgan fingerprint density at radius 2 is 1.87 bits per heavy atom. The SMILES string of the molecule is Cc1ccc(-n2c(SC(C)C(=O)NC3CCS(=O)(=O)C3)nnc2-c2ccncc2)cc1. The molecule has 10 heteroatoms. The molecular formula is C21H23N5O3S2. The first-order valence-electron chi connectivity index (χ1n) is 9.93. The first kappa shape index (κ1) is 21.5. The lowest BCUT2D eigenvalue weighted by Crippen LogP contribution is -2.40. The van der Waals surface area contributed by atoms with E-state index < -0.39 is 15.1 Å². The fraction of sp³-hybridized carbons (Fsp3) is 0.333. The van der Waals surface area contributed by atoms with Gasteiger partial charge in [0.2, 0.25) is 5.91 Å². The zero-order valence-corrected chi connectivity index (χ0v) is 18.9. The summed E-state index contributed by atoms with van der Waals surface area (Å²) in [5.41, 5.74) is 2.89. The summed E-state index contributed by atoms with van der Waals surface area (Å²) in [6.45, 7) is 3.80. The summed E-state index contributed by atoms with van der Waals surface area (Å²) >= 11 is 1.29. The van der Waals surface area contributed by atoms with Crippen molar-refractivity contribution in [1.82, 2.24) is 25.1 Å². The van der Waals surface area contributed by atoms with E-state index in [9.17, 15) is 13.2 Å². The van der Waals surface area contributed by atoms with E-state index in [0.29, 0.717) is 17.4 Å². The first-order valence-corrected chi connectivity index (χ1v) is 12.6. The fourth-order valence-corrected chi connectivity index (χ4v) is 5.95. The Morgan fingerprint density at radius 3 is 2.52 bits per heavy atom. The number of rotatable bonds is 6. The van der Waals surface area contributed by atoms with Crippen LogP contribution in [0.4, 0.5) is 0 Å². The highest BCUT2D eigenvalue weighted by Gasteiger charge is 2.30. The summed E-state index contributed by atoms with van der Waals surface area (Å²) in [4.78, 5) is 16.8. The molecule has 1 aliphatic heterocycles.